The summed E-state index contributed by atoms with van der Waals surface area (Å²) < 4.78 is 52.6. The summed E-state index contributed by atoms with van der Waals surface area (Å²) in [7, 11) is -0.830. The van der Waals surface area contributed by atoms with Crippen molar-refractivity contribution in [3.63, 3.8) is 0 Å². The lowest BCUT2D eigenvalue weighted by molar-refractivity contribution is -0.338. The Labute approximate surface area is 335 Å². The van der Waals surface area contributed by atoms with E-state index < -0.39 is 51.4 Å². The van der Waals surface area contributed by atoms with E-state index in [1.165, 1.54) is 0 Å². The fourth-order valence-electron chi connectivity index (χ4n) is 7.28. The van der Waals surface area contributed by atoms with Crippen molar-refractivity contribution in [1.29, 1.82) is 0 Å². The summed E-state index contributed by atoms with van der Waals surface area (Å²) in [6, 6.07) is 27.0. The molecule has 10 atom stereocenters. The van der Waals surface area contributed by atoms with Crippen molar-refractivity contribution in [1.82, 2.24) is 0 Å². The lowest BCUT2D eigenvalue weighted by Crippen LogP contribution is -2.63. The van der Waals surface area contributed by atoms with Crippen LogP contribution in [0, 0.1) is 17.8 Å². The molecule has 2 aliphatic heterocycles. The van der Waals surface area contributed by atoms with Gasteiger partial charge in [-0.15, -0.1) is 0 Å². The first-order valence-electron chi connectivity index (χ1n) is 20.0. The molecule has 0 spiro atoms. The smallest absolute Gasteiger partial charge is 0.196 e. The van der Waals surface area contributed by atoms with Gasteiger partial charge in [-0.25, -0.2) is 0 Å². The molecular weight excluding hydrogens is 727 g/mol. The number of nitrogens with zero attached hydrogens (tertiary/aromatic N) is 3. The van der Waals surface area contributed by atoms with E-state index in [1.54, 1.807) is 7.11 Å². The maximum atomic E-state index is 9.99. The highest BCUT2D eigenvalue weighted by molar-refractivity contribution is 6.74. The summed E-state index contributed by atoms with van der Waals surface area (Å²) >= 11 is 0. The molecule has 0 saturated carbocycles. The zero-order chi connectivity index (χ0) is 40.5. The molecule has 56 heavy (non-hydrogen) atoms. The Balaban J connectivity index is 1.45. The number of hydrogen-bond acceptors (Lipinski definition) is 9. The predicted octanol–water partition coefficient (Wildman–Crippen LogP) is 9.85. The van der Waals surface area contributed by atoms with Crippen molar-refractivity contribution in [3.05, 3.63) is 112 Å². The van der Waals surface area contributed by atoms with Gasteiger partial charge < -0.3 is 37.6 Å². The number of ether oxygens (including phenoxy) is 7. The highest BCUT2D eigenvalue weighted by atomic mass is 28.4. The first-order valence-corrected chi connectivity index (χ1v) is 22.9. The van der Waals surface area contributed by atoms with Crippen LogP contribution in [0.5, 0.6) is 5.75 Å². The molecule has 2 heterocycles. The third-order valence-corrected chi connectivity index (χ3v) is 16.9. The third kappa shape index (κ3) is 10.8. The number of azide groups is 1. The van der Waals surface area contributed by atoms with Crippen LogP contribution in [-0.4, -0.2) is 71.2 Å². The zero-order valence-corrected chi connectivity index (χ0v) is 35.9. The maximum Gasteiger partial charge on any atom is 0.196 e. The van der Waals surface area contributed by atoms with Gasteiger partial charge in [-0.2, -0.15) is 0 Å². The van der Waals surface area contributed by atoms with Crippen LogP contribution in [-0.2, 0) is 52.7 Å². The molecule has 3 aromatic carbocycles. The molecule has 5 rings (SSSR count). The Morgan fingerprint density at radius 1 is 0.750 bits per heavy atom. The maximum absolute atomic E-state index is 9.99. The first kappa shape index (κ1) is 43.8. The van der Waals surface area contributed by atoms with Crippen LogP contribution >= 0.6 is 0 Å². The minimum Gasteiger partial charge on any atom is -0.497 e. The standard InChI is InChI=1S/C44H63N3O8Si/c1-29(2)44(6,7)56(9,10)55-42-38(46-47-45)41(51-27-35-21-23-36(48-8)24-22-35)40(32(5)52-42)54-43-39(50-26-34-19-15-12-16-20-34)31(4)30(3)37(53-43)28-49-25-33-17-13-11-14-18-33/h11-24,29-32,37-43H,25-28H2,1-10H3/t30-,31-,32-,37?,38?,39?,40+,41+,42+,43-/m0/s1. The second kappa shape index (κ2) is 19.9. The molecule has 3 aromatic rings. The second-order valence-electron chi connectivity index (χ2n) is 16.7. The van der Waals surface area contributed by atoms with Gasteiger partial charge in [0.25, 0.3) is 0 Å². The van der Waals surface area contributed by atoms with Gasteiger partial charge in [-0.1, -0.05) is 119 Å². The molecule has 12 heteroatoms. The molecule has 0 bridgehead atoms. The average molecular weight is 790 g/mol. The van der Waals surface area contributed by atoms with Crippen molar-refractivity contribution in [3.8, 4) is 5.75 Å². The van der Waals surface area contributed by atoms with E-state index in [0.29, 0.717) is 25.7 Å². The molecule has 11 nitrogen and oxygen atoms in total. The average Bonchev–Trinajstić information content (AvgIpc) is 3.18. The number of benzene rings is 3. The lowest BCUT2D eigenvalue weighted by Gasteiger charge is -2.51. The van der Waals surface area contributed by atoms with Gasteiger partial charge in [0.1, 0.15) is 30.1 Å². The Morgan fingerprint density at radius 2 is 1.32 bits per heavy atom. The second-order valence-corrected chi connectivity index (χ2v) is 21.2. The molecule has 2 fully saturated rings. The van der Waals surface area contributed by atoms with Gasteiger partial charge in [0.05, 0.1) is 45.7 Å². The van der Waals surface area contributed by atoms with Crippen LogP contribution in [0.25, 0.3) is 10.4 Å². The number of rotatable bonds is 18. The molecule has 3 unspecified atom stereocenters. The fourth-order valence-corrected chi connectivity index (χ4v) is 9.75. The predicted molar refractivity (Wildman–Crippen MR) is 219 cm³/mol. The van der Waals surface area contributed by atoms with E-state index in [0.717, 1.165) is 22.4 Å². The first-order chi connectivity index (χ1) is 26.7. The fraction of sp³-hybridized carbons (Fsp3) is 0.591. The van der Waals surface area contributed by atoms with Crippen LogP contribution < -0.4 is 4.74 Å². The van der Waals surface area contributed by atoms with E-state index in [1.807, 2.05) is 91.9 Å². The van der Waals surface area contributed by atoms with Gasteiger partial charge in [-0.05, 0) is 77.2 Å². The SMILES string of the molecule is COc1ccc(CO[C@@H]2C(N=[N+]=[N-])[C@@H](O[Si](C)(C)C(C)(C)C(C)C)O[C@@H](C)[C@H]2O[C@@H]2OC(COCc3ccccc3)[C@@H](C)[C@H](C)C2OCc2ccccc2)cc1. The van der Waals surface area contributed by atoms with Crippen molar-refractivity contribution in [2.45, 2.75) is 136 Å². The van der Waals surface area contributed by atoms with Crippen molar-refractivity contribution in [2.75, 3.05) is 13.7 Å². The molecule has 0 radical (unpaired) electrons. The van der Waals surface area contributed by atoms with Gasteiger partial charge in [0, 0.05) is 4.91 Å². The minimum atomic E-state index is -2.47. The Hall–Kier alpha value is -3.29. The summed E-state index contributed by atoms with van der Waals surface area (Å²) in [6.45, 7) is 21.0. The van der Waals surface area contributed by atoms with E-state index in [-0.39, 0.29) is 29.6 Å². The summed E-state index contributed by atoms with van der Waals surface area (Å²) in [5.41, 5.74) is 13.1. The van der Waals surface area contributed by atoms with Crippen LogP contribution in [0.2, 0.25) is 18.1 Å². The lowest BCUT2D eigenvalue weighted by atomic mass is 9.83. The van der Waals surface area contributed by atoms with Gasteiger partial charge in [-0.3, -0.25) is 0 Å². The monoisotopic (exact) mass is 789 g/mol. The van der Waals surface area contributed by atoms with Gasteiger partial charge >= 0.3 is 0 Å². The molecule has 0 aromatic heterocycles. The molecule has 0 aliphatic carbocycles. The third-order valence-electron chi connectivity index (χ3n) is 12.4. The summed E-state index contributed by atoms with van der Waals surface area (Å²) in [5, 5.41) is 4.20. The van der Waals surface area contributed by atoms with E-state index >= 15 is 0 Å². The largest absolute Gasteiger partial charge is 0.497 e. The highest BCUT2D eigenvalue weighted by Gasteiger charge is 2.53. The van der Waals surface area contributed by atoms with Gasteiger partial charge in [0.2, 0.25) is 0 Å². The Morgan fingerprint density at radius 3 is 1.89 bits per heavy atom. The highest BCUT2D eigenvalue weighted by Crippen LogP contribution is 2.46. The van der Waals surface area contributed by atoms with E-state index in [2.05, 4.69) is 64.7 Å². The molecule has 2 aliphatic rings. The number of methoxy groups -OCH3 is 1. The van der Waals surface area contributed by atoms with E-state index in [4.69, 9.17) is 37.6 Å². The van der Waals surface area contributed by atoms with Gasteiger partial charge in [0.15, 0.2) is 20.9 Å². The van der Waals surface area contributed by atoms with Crippen LogP contribution in [0.3, 0.4) is 0 Å². The van der Waals surface area contributed by atoms with Crippen molar-refractivity contribution >= 4 is 8.32 Å². The molecule has 0 N–H and O–H groups in total. The number of hydrogen-bond donors (Lipinski definition) is 0. The van der Waals surface area contributed by atoms with Crippen LogP contribution in [0.15, 0.2) is 90.0 Å². The summed E-state index contributed by atoms with van der Waals surface area (Å²) in [6.07, 6.45) is -4.37. The molecule has 0 amide bonds. The Bertz CT molecular complexity index is 1670. The summed E-state index contributed by atoms with van der Waals surface area (Å²) in [4.78, 5) is 3.30. The molecular formula is C44H63N3O8Si. The molecule has 2 saturated heterocycles. The molecule has 306 valence electrons. The van der Waals surface area contributed by atoms with Crippen LogP contribution in [0.1, 0.15) is 65.2 Å². The van der Waals surface area contributed by atoms with Crippen molar-refractivity contribution < 1.29 is 37.6 Å². The van der Waals surface area contributed by atoms with E-state index in [9.17, 15) is 5.53 Å². The Kier molecular flexibility index (Phi) is 15.6. The topological polar surface area (TPSA) is 123 Å². The quantitative estimate of drug-likeness (QED) is 0.0540. The normalized spacial score (nSPS) is 28.5. The zero-order valence-electron chi connectivity index (χ0n) is 34.9. The minimum absolute atomic E-state index is 0.0374. The van der Waals surface area contributed by atoms with Crippen molar-refractivity contribution in [2.24, 2.45) is 22.9 Å². The summed E-state index contributed by atoms with van der Waals surface area (Å²) in [5.74, 6) is 1.23. The van der Waals surface area contributed by atoms with Crippen LogP contribution in [0.4, 0.5) is 0 Å².